The molecule has 0 bridgehead atoms. The Hall–Kier alpha value is -0.840. The molecule has 0 amide bonds. The van der Waals surface area contributed by atoms with Gasteiger partial charge in [-0.1, -0.05) is 13.8 Å². The summed E-state index contributed by atoms with van der Waals surface area (Å²) < 4.78 is 5.93. The van der Waals surface area contributed by atoms with Crippen LogP contribution in [0.15, 0.2) is 10.5 Å². The first-order valence-electron chi connectivity index (χ1n) is 8.22. The second-order valence-corrected chi connectivity index (χ2v) is 6.05. The van der Waals surface area contributed by atoms with Crippen LogP contribution in [0.1, 0.15) is 43.8 Å². The molecule has 0 aliphatic heterocycles. The van der Waals surface area contributed by atoms with Crippen LogP contribution in [0.3, 0.4) is 0 Å². The highest BCUT2D eigenvalue weighted by Crippen LogP contribution is 2.16. The van der Waals surface area contributed by atoms with Crippen molar-refractivity contribution in [2.24, 2.45) is 0 Å². The van der Waals surface area contributed by atoms with Gasteiger partial charge < -0.3 is 14.6 Å². The van der Waals surface area contributed by atoms with Gasteiger partial charge >= 0.3 is 0 Å². The van der Waals surface area contributed by atoms with Crippen molar-refractivity contribution in [2.75, 3.05) is 40.3 Å². The first-order chi connectivity index (χ1) is 10.1. The molecule has 0 fully saturated rings. The Morgan fingerprint density at radius 3 is 2.48 bits per heavy atom. The molecule has 1 rings (SSSR count). The SMILES string of the molecule is CCCNCc1cc(CN(CCC)CCN(C)C)oc1C. The minimum absolute atomic E-state index is 0.911. The average molecular weight is 295 g/mol. The van der Waals surface area contributed by atoms with Crippen molar-refractivity contribution >= 4 is 0 Å². The van der Waals surface area contributed by atoms with Crippen molar-refractivity contribution in [3.8, 4) is 0 Å². The Morgan fingerprint density at radius 1 is 1.10 bits per heavy atom. The summed E-state index contributed by atoms with van der Waals surface area (Å²) >= 11 is 0. The van der Waals surface area contributed by atoms with Crippen LogP contribution in [-0.4, -0.2) is 50.1 Å². The van der Waals surface area contributed by atoms with Crippen LogP contribution in [0.25, 0.3) is 0 Å². The maximum atomic E-state index is 5.93. The van der Waals surface area contributed by atoms with Crippen LogP contribution < -0.4 is 5.32 Å². The largest absolute Gasteiger partial charge is 0.465 e. The van der Waals surface area contributed by atoms with E-state index in [1.54, 1.807) is 0 Å². The second kappa shape index (κ2) is 9.98. The summed E-state index contributed by atoms with van der Waals surface area (Å²) in [6.45, 7) is 12.7. The summed E-state index contributed by atoms with van der Waals surface area (Å²) in [5.41, 5.74) is 1.29. The number of rotatable bonds is 11. The molecule has 0 unspecified atom stereocenters. The molecular formula is C17H33N3O. The predicted octanol–water partition coefficient (Wildman–Crippen LogP) is 2.86. The van der Waals surface area contributed by atoms with E-state index in [2.05, 4.69) is 56.0 Å². The van der Waals surface area contributed by atoms with E-state index >= 15 is 0 Å². The molecule has 0 saturated carbocycles. The standard InChI is InChI=1S/C17H33N3O/c1-6-8-18-13-16-12-17(21-15(16)3)14-20(9-7-2)11-10-19(4)5/h12,18H,6-11,13-14H2,1-5H3. The summed E-state index contributed by atoms with van der Waals surface area (Å²) in [6.07, 6.45) is 2.34. The van der Waals surface area contributed by atoms with Crippen LogP contribution in [0.4, 0.5) is 0 Å². The lowest BCUT2D eigenvalue weighted by Gasteiger charge is -2.22. The van der Waals surface area contributed by atoms with Gasteiger partial charge in [0.25, 0.3) is 0 Å². The van der Waals surface area contributed by atoms with Gasteiger partial charge in [0, 0.05) is 25.2 Å². The van der Waals surface area contributed by atoms with Crippen molar-refractivity contribution in [1.82, 2.24) is 15.1 Å². The van der Waals surface area contributed by atoms with Crippen molar-refractivity contribution in [3.05, 3.63) is 23.2 Å². The third-order valence-corrected chi connectivity index (χ3v) is 3.60. The van der Waals surface area contributed by atoms with E-state index in [4.69, 9.17) is 4.42 Å². The molecule has 0 aliphatic rings. The van der Waals surface area contributed by atoms with Gasteiger partial charge in [-0.15, -0.1) is 0 Å². The van der Waals surface area contributed by atoms with E-state index in [1.165, 1.54) is 18.4 Å². The summed E-state index contributed by atoms with van der Waals surface area (Å²) in [6, 6.07) is 2.22. The molecular weight excluding hydrogens is 262 g/mol. The summed E-state index contributed by atoms with van der Waals surface area (Å²) in [5, 5.41) is 3.44. The minimum atomic E-state index is 0.911. The molecule has 1 heterocycles. The van der Waals surface area contributed by atoms with Crippen LogP contribution in [0, 0.1) is 6.92 Å². The van der Waals surface area contributed by atoms with Crippen LogP contribution in [0.5, 0.6) is 0 Å². The lowest BCUT2D eigenvalue weighted by molar-refractivity contribution is 0.217. The Balaban J connectivity index is 2.55. The normalized spacial score (nSPS) is 11.8. The summed E-state index contributed by atoms with van der Waals surface area (Å²) in [4.78, 5) is 4.71. The lowest BCUT2D eigenvalue weighted by Crippen LogP contribution is -2.31. The number of hydrogen-bond donors (Lipinski definition) is 1. The predicted molar refractivity (Wildman–Crippen MR) is 89.6 cm³/mol. The van der Waals surface area contributed by atoms with Gasteiger partial charge in [-0.3, -0.25) is 4.90 Å². The monoisotopic (exact) mass is 295 g/mol. The van der Waals surface area contributed by atoms with Crippen LogP contribution >= 0.6 is 0 Å². The molecule has 4 heteroatoms. The first kappa shape index (κ1) is 18.2. The van der Waals surface area contributed by atoms with Gasteiger partial charge in [0.2, 0.25) is 0 Å². The van der Waals surface area contributed by atoms with Crippen molar-refractivity contribution < 1.29 is 4.42 Å². The fraction of sp³-hybridized carbons (Fsp3) is 0.765. The number of aryl methyl sites for hydroxylation is 1. The molecule has 0 radical (unpaired) electrons. The second-order valence-electron chi connectivity index (χ2n) is 6.05. The van der Waals surface area contributed by atoms with E-state index in [1.807, 2.05) is 0 Å². The minimum Gasteiger partial charge on any atom is -0.465 e. The highest BCUT2D eigenvalue weighted by molar-refractivity contribution is 5.20. The molecule has 21 heavy (non-hydrogen) atoms. The average Bonchev–Trinajstić information content (AvgIpc) is 2.77. The quantitative estimate of drug-likeness (QED) is 0.636. The fourth-order valence-electron chi connectivity index (χ4n) is 2.39. The highest BCUT2D eigenvalue weighted by atomic mass is 16.3. The number of nitrogens with zero attached hydrogens (tertiary/aromatic N) is 2. The molecule has 0 atom stereocenters. The number of likely N-dealkylation sites (N-methyl/N-ethyl adjacent to an activating group) is 1. The van der Waals surface area contributed by atoms with Gasteiger partial charge in [-0.05, 0) is 53.0 Å². The third kappa shape index (κ3) is 7.11. The van der Waals surface area contributed by atoms with Crippen molar-refractivity contribution in [1.29, 1.82) is 0 Å². The first-order valence-corrected chi connectivity index (χ1v) is 8.22. The smallest absolute Gasteiger partial charge is 0.118 e. The zero-order valence-electron chi connectivity index (χ0n) is 14.5. The zero-order valence-corrected chi connectivity index (χ0v) is 14.5. The molecule has 122 valence electrons. The molecule has 0 aromatic carbocycles. The topological polar surface area (TPSA) is 31.6 Å². The van der Waals surface area contributed by atoms with Crippen molar-refractivity contribution in [2.45, 2.75) is 46.7 Å². The van der Waals surface area contributed by atoms with Crippen LogP contribution in [-0.2, 0) is 13.1 Å². The van der Waals surface area contributed by atoms with Gasteiger partial charge in [-0.25, -0.2) is 0 Å². The van der Waals surface area contributed by atoms with E-state index in [-0.39, 0.29) is 0 Å². The van der Waals surface area contributed by atoms with Gasteiger partial charge in [0.15, 0.2) is 0 Å². The van der Waals surface area contributed by atoms with Gasteiger partial charge in [0.05, 0.1) is 6.54 Å². The number of hydrogen-bond acceptors (Lipinski definition) is 4. The number of nitrogens with one attached hydrogen (secondary N) is 1. The Labute approximate surface area is 130 Å². The van der Waals surface area contributed by atoms with Crippen LogP contribution in [0.2, 0.25) is 0 Å². The van der Waals surface area contributed by atoms with E-state index in [9.17, 15) is 0 Å². The van der Waals surface area contributed by atoms with E-state index in [0.29, 0.717) is 0 Å². The molecule has 4 nitrogen and oxygen atoms in total. The molecule has 1 aromatic rings. The third-order valence-electron chi connectivity index (χ3n) is 3.60. The van der Waals surface area contributed by atoms with Crippen molar-refractivity contribution in [3.63, 3.8) is 0 Å². The lowest BCUT2D eigenvalue weighted by atomic mass is 10.2. The molecule has 0 spiro atoms. The van der Waals surface area contributed by atoms with E-state index in [0.717, 1.165) is 50.8 Å². The zero-order chi connectivity index (χ0) is 15.7. The molecule has 0 saturated heterocycles. The highest BCUT2D eigenvalue weighted by Gasteiger charge is 2.11. The maximum Gasteiger partial charge on any atom is 0.118 e. The van der Waals surface area contributed by atoms with Gasteiger partial charge in [0.1, 0.15) is 11.5 Å². The molecule has 0 aliphatic carbocycles. The Morgan fingerprint density at radius 2 is 1.86 bits per heavy atom. The maximum absolute atomic E-state index is 5.93. The Bertz CT molecular complexity index is 387. The molecule has 1 aromatic heterocycles. The summed E-state index contributed by atoms with van der Waals surface area (Å²) in [7, 11) is 4.25. The fourth-order valence-corrected chi connectivity index (χ4v) is 2.39. The summed E-state index contributed by atoms with van der Waals surface area (Å²) in [5.74, 6) is 2.14. The molecule has 1 N–H and O–H groups in total. The Kier molecular flexibility index (Phi) is 8.66. The van der Waals surface area contributed by atoms with Gasteiger partial charge in [-0.2, -0.15) is 0 Å². The van der Waals surface area contributed by atoms with E-state index < -0.39 is 0 Å². The number of furan rings is 1.